The summed E-state index contributed by atoms with van der Waals surface area (Å²) in [6.45, 7) is 0.384. The number of nitrogens with one attached hydrogen (secondary N) is 2. The van der Waals surface area contributed by atoms with Crippen LogP contribution in [0.4, 0.5) is 4.79 Å². The molecule has 1 saturated heterocycles. The van der Waals surface area contributed by atoms with Crippen molar-refractivity contribution in [3.8, 4) is 5.88 Å². The van der Waals surface area contributed by atoms with E-state index >= 15 is 0 Å². The molecule has 2 aromatic rings. The van der Waals surface area contributed by atoms with E-state index in [2.05, 4.69) is 10.6 Å². The van der Waals surface area contributed by atoms with Crippen LogP contribution >= 0.6 is 0 Å². The maximum Gasteiger partial charge on any atom is 0.317 e. The molecule has 1 saturated carbocycles. The molecule has 2 fully saturated rings. The van der Waals surface area contributed by atoms with Crippen molar-refractivity contribution in [1.29, 1.82) is 0 Å². The van der Waals surface area contributed by atoms with E-state index in [-0.39, 0.29) is 30.3 Å². The van der Waals surface area contributed by atoms with Gasteiger partial charge in [0.1, 0.15) is 6.04 Å². The SMILES string of the molecule is CN(Cc1cccc2c(O)n(C3CCC(=O)NC3=O)cc12)C(=O)NC1CCCCC1. The molecule has 160 valence electrons. The number of rotatable bonds is 4. The highest BCUT2D eigenvalue weighted by molar-refractivity contribution is 6.00. The van der Waals surface area contributed by atoms with Crippen LogP contribution in [-0.2, 0) is 16.1 Å². The van der Waals surface area contributed by atoms with Crippen LogP contribution in [0, 0.1) is 0 Å². The van der Waals surface area contributed by atoms with Crippen LogP contribution in [0.25, 0.3) is 10.8 Å². The van der Waals surface area contributed by atoms with Gasteiger partial charge in [-0.05, 0) is 30.9 Å². The minimum absolute atomic E-state index is 0.00402. The molecular weight excluding hydrogens is 384 g/mol. The topological polar surface area (TPSA) is 104 Å². The molecule has 1 aromatic carbocycles. The average Bonchev–Trinajstić information content (AvgIpc) is 3.06. The largest absolute Gasteiger partial charge is 0.494 e. The van der Waals surface area contributed by atoms with Crippen LogP contribution in [-0.4, -0.2) is 45.5 Å². The first-order chi connectivity index (χ1) is 14.4. The van der Waals surface area contributed by atoms with Crippen molar-refractivity contribution in [2.75, 3.05) is 7.05 Å². The van der Waals surface area contributed by atoms with Crippen molar-refractivity contribution in [2.24, 2.45) is 0 Å². The van der Waals surface area contributed by atoms with E-state index in [1.54, 1.807) is 24.2 Å². The third kappa shape index (κ3) is 3.99. The van der Waals surface area contributed by atoms with Gasteiger partial charge in [0.25, 0.3) is 0 Å². The highest BCUT2D eigenvalue weighted by atomic mass is 16.3. The standard InChI is InChI=1S/C22H28N4O4/c1-25(22(30)23-15-7-3-2-4-8-15)12-14-6-5-9-16-17(14)13-26(21(16)29)18-10-11-19(27)24-20(18)28/h5-6,9,13,15,18,29H,2-4,7-8,10-12H2,1H3,(H,23,30)(H,24,27,28). The Bertz CT molecular complexity index is 977. The predicted molar refractivity (Wildman–Crippen MR) is 112 cm³/mol. The molecule has 1 aliphatic carbocycles. The van der Waals surface area contributed by atoms with Gasteiger partial charge in [0, 0.05) is 43.0 Å². The lowest BCUT2D eigenvalue weighted by atomic mass is 9.96. The number of nitrogens with zero attached hydrogens (tertiary/aromatic N) is 2. The summed E-state index contributed by atoms with van der Waals surface area (Å²) in [5.74, 6) is -0.707. The molecular formula is C22H28N4O4. The zero-order chi connectivity index (χ0) is 21.3. The van der Waals surface area contributed by atoms with Gasteiger partial charge >= 0.3 is 6.03 Å². The summed E-state index contributed by atoms with van der Waals surface area (Å²) in [5.41, 5.74) is 0.884. The number of imide groups is 1. The van der Waals surface area contributed by atoms with E-state index in [9.17, 15) is 19.5 Å². The maximum atomic E-state index is 12.6. The third-order valence-corrected chi connectivity index (χ3v) is 6.18. The Morgan fingerprint density at radius 2 is 1.97 bits per heavy atom. The fourth-order valence-corrected chi connectivity index (χ4v) is 4.48. The van der Waals surface area contributed by atoms with Crippen molar-refractivity contribution in [1.82, 2.24) is 20.1 Å². The van der Waals surface area contributed by atoms with Gasteiger partial charge in [-0.2, -0.15) is 0 Å². The molecule has 0 spiro atoms. The van der Waals surface area contributed by atoms with Gasteiger partial charge in [-0.3, -0.25) is 14.9 Å². The van der Waals surface area contributed by atoms with Gasteiger partial charge in [-0.25, -0.2) is 4.79 Å². The number of benzene rings is 1. The van der Waals surface area contributed by atoms with Crippen molar-refractivity contribution < 1.29 is 19.5 Å². The van der Waals surface area contributed by atoms with Crippen molar-refractivity contribution in [2.45, 2.75) is 63.6 Å². The number of hydrogen-bond acceptors (Lipinski definition) is 4. The Labute approximate surface area is 175 Å². The Kier molecular flexibility index (Phi) is 5.65. The van der Waals surface area contributed by atoms with Gasteiger partial charge in [0.2, 0.25) is 11.8 Å². The molecule has 1 aliphatic heterocycles. The van der Waals surface area contributed by atoms with E-state index in [1.807, 2.05) is 12.1 Å². The van der Waals surface area contributed by atoms with Gasteiger partial charge in [-0.15, -0.1) is 0 Å². The summed E-state index contributed by atoms with van der Waals surface area (Å²) >= 11 is 0. The molecule has 1 unspecified atom stereocenters. The first kappa shape index (κ1) is 20.3. The Morgan fingerprint density at radius 1 is 1.20 bits per heavy atom. The number of amides is 4. The lowest BCUT2D eigenvalue weighted by Crippen LogP contribution is -2.43. The molecule has 1 aromatic heterocycles. The van der Waals surface area contributed by atoms with Gasteiger partial charge in [-0.1, -0.05) is 31.4 Å². The Balaban J connectivity index is 1.54. The molecule has 30 heavy (non-hydrogen) atoms. The number of carbonyl (C=O) groups excluding carboxylic acids is 3. The number of urea groups is 1. The van der Waals surface area contributed by atoms with Crippen LogP contribution in [0.1, 0.15) is 56.6 Å². The lowest BCUT2D eigenvalue weighted by Gasteiger charge is -2.26. The molecule has 4 rings (SSSR count). The van der Waals surface area contributed by atoms with Crippen molar-refractivity contribution in [3.05, 3.63) is 30.0 Å². The Morgan fingerprint density at radius 3 is 2.70 bits per heavy atom. The fourth-order valence-electron chi connectivity index (χ4n) is 4.48. The first-order valence-corrected chi connectivity index (χ1v) is 10.6. The van der Waals surface area contributed by atoms with Crippen molar-refractivity contribution >= 4 is 28.6 Å². The second-order valence-corrected chi connectivity index (χ2v) is 8.35. The van der Waals surface area contributed by atoms with E-state index < -0.39 is 11.9 Å². The number of piperidine rings is 1. The molecule has 4 amide bonds. The molecule has 0 bridgehead atoms. The van der Waals surface area contributed by atoms with Gasteiger partial charge in [0.15, 0.2) is 5.88 Å². The maximum absolute atomic E-state index is 12.6. The minimum Gasteiger partial charge on any atom is -0.494 e. The predicted octanol–water partition coefficient (Wildman–Crippen LogP) is 2.80. The normalized spacial score (nSPS) is 20.2. The zero-order valence-electron chi connectivity index (χ0n) is 17.2. The second kappa shape index (κ2) is 8.38. The quantitative estimate of drug-likeness (QED) is 0.672. The number of fused-ring (bicyclic) bond motifs is 1. The second-order valence-electron chi connectivity index (χ2n) is 8.35. The monoisotopic (exact) mass is 412 g/mol. The Hall–Kier alpha value is -3.03. The zero-order valence-corrected chi connectivity index (χ0v) is 17.2. The summed E-state index contributed by atoms with van der Waals surface area (Å²) in [4.78, 5) is 38.0. The molecule has 1 atom stereocenters. The third-order valence-electron chi connectivity index (χ3n) is 6.18. The molecule has 8 heteroatoms. The summed E-state index contributed by atoms with van der Waals surface area (Å²) in [6, 6.07) is 5.05. The van der Waals surface area contributed by atoms with Gasteiger partial charge in [0.05, 0.1) is 0 Å². The molecule has 3 N–H and O–H groups in total. The molecule has 0 radical (unpaired) electrons. The number of hydrogen-bond donors (Lipinski definition) is 3. The van der Waals surface area contributed by atoms with E-state index in [0.717, 1.165) is 36.6 Å². The average molecular weight is 412 g/mol. The highest BCUT2D eigenvalue weighted by Gasteiger charge is 2.30. The van der Waals surface area contributed by atoms with Crippen LogP contribution in [0.15, 0.2) is 24.4 Å². The summed E-state index contributed by atoms with van der Waals surface area (Å²) < 4.78 is 1.53. The van der Waals surface area contributed by atoms with E-state index in [1.165, 1.54) is 11.0 Å². The summed E-state index contributed by atoms with van der Waals surface area (Å²) in [7, 11) is 1.76. The van der Waals surface area contributed by atoms with Crippen LogP contribution < -0.4 is 10.6 Å². The summed E-state index contributed by atoms with van der Waals surface area (Å²) in [5, 5.41) is 17.6. The lowest BCUT2D eigenvalue weighted by molar-refractivity contribution is -0.135. The smallest absolute Gasteiger partial charge is 0.317 e. The minimum atomic E-state index is -0.629. The van der Waals surface area contributed by atoms with E-state index in [0.29, 0.717) is 18.4 Å². The van der Waals surface area contributed by atoms with Crippen LogP contribution in [0.5, 0.6) is 5.88 Å². The summed E-state index contributed by atoms with van der Waals surface area (Å²) in [6.07, 6.45) is 7.92. The molecule has 2 heterocycles. The number of carbonyl (C=O) groups is 3. The van der Waals surface area contributed by atoms with Crippen molar-refractivity contribution in [3.63, 3.8) is 0 Å². The highest BCUT2D eigenvalue weighted by Crippen LogP contribution is 2.34. The fraction of sp³-hybridized carbons (Fsp3) is 0.500. The van der Waals surface area contributed by atoms with Crippen LogP contribution in [0.3, 0.4) is 0 Å². The number of aromatic hydroxyl groups is 1. The number of aromatic nitrogens is 1. The molecule has 2 aliphatic rings. The first-order valence-electron chi connectivity index (χ1n) is 10.6. The van der Waals surface area contributed by atoms with E-state index in [4.69, 9.17) is 0 Å². The van der Waals surface area contributed by atoms with Crippen LogP contribution in [0.2, 0.25) is 0 Å². The molecule has 8 nitrogen and oxygen atoms in total. The van der Waals surface area contributed by atoms with Gasteiger partial charge < -0.3 is 19.9 Å².